The maximum atomic E-state index is 4.48. The Kier molecular flexibility index (Phi) is 6.26. The topological polar surface area (TPSA) is 18.5 Å². The van der Waals surface area contributed by atoms with Gasteiger partial charge in [0.05, 0.1) is 6.61 Å². The fraction of sp³-hybridized carbons (Fsp3) is 1.00. The van der Waals surface area contributed by atoms with E-state index in [0.717, 1.165) is 0 Å². The van der Waals surface area contributed by atoms with Crippen LogP contribution in [0.4, 0.5) is 0 Å². The number of hydrogen-bond donors (Lipinski definition) is 0. The second-order valence-corrected chi connectivity index (χ2v) is 1.26. The van der Waals surface area contributed by atoms with Crippen LogP contribution in [0.1, 0.15) is 6.92 Å². The van der Waals surface area contributed by atoms with Gasteiger partial charge >= 0.3 is 0 Å². The van der Waals surface area contributed by atoms with Crippen LogP contribution in [0.5, 0.6) is 0 Å². The summed E-state index contributed by atoms with van der Waals surface area (Å²) in [7, 11) is 0. The van der Waals surface area contributed by atoms with Gasteiger partial charge in [-0.05, 0) is 6.92 Å². The van der Waals surface area contributed by atoms with Crippen molar-refractivity contribution in [1.82, 2.24) is 0 Å². The van der Waals surface area contributed by atoms with Gasteiger partial charge in [-0.3, -0.25) is 0 Å². The molecule has 0 aromatic heterocycles. The number of hydrogen-bond acceptors (Lipinski definition) is 2. The smallest absolute Gasteiger partial charge is 0.133 e. The molecule has 0 spiro atoms. The molecule has 6 heavy (non-hydrogen) atoms. The second-order valence-electron chi connectivity index (χ2n) is 0.633. The Morgan fingerprint density at radius 1 is 1.50 bits per heavy atom. The summed E-state index contributed by atoms with van der Waals surface area (Å²) in [6.07, 6.45) is 0. The van der Waals surface area contributed by atoms with Crippen molar-refractivity contribution in [3.63, 3.8) is 0 Å². The molecule has 0 N–H and O–H groups in total. The summed E-state index contributed by atoms with van der Waals surface area (Å²) < 4.78 is 0.603. The molecule has 0 aromatic carbocycles. The van der Waals surface area contributed by atoms with Crippen LogP contribution in [0, 0.1) is 0 Å². The monoisotopic (exact) mass is 202 g/mol. The first-order valence-corrected chi connectivity index (χ1v) is 3.24. The minimum absolute atomic E-state index is 0.603. The van der Waals surface area contributed by atoms with Gasteiger partial charge in [0.25, 0.3) is 0 Å². The summed E-state index contributed by atoms with van der Waals surface area (Å²) >= 11 is 2.06. The third kappa shape index (κ3) is 4.65. The average Bonchev–Trinajstić information content (AvgIpc) is 1.61. The van der Waals surface area contributed by atoms with Gasteiger partial charge in [0.1, 0.15) is 4.61 Å². The largest absolute Gasteiger partial charge is 0.236 e. The van der Waals surface area contributed by atoms with Crippen molar-refractivity contribution in [2.24, 2.45) is 0 Å². The van der Waals surface area contributed by atoms with Crippen molar-refractivity contribution in [3.05, 3.63) is 0 Å². The molecule has 0 saturated heterocycles. The minimum atomic E-state index is 0.603. The fourth-order valence-corrected chi connectivity index (χ4v) is 0.295. The molecule has 0 unspecified atom stereocenters. The third-order valence-corrected chi connectivity index (χ3v) is 0.500. The van der Waals surface area contributed by atoms with E-state index in [4.69, 9.17) is 0 Å². The van der Waals surface area contributed by atoms with Crippen LogP contribution in [0.2, 0.25) is 0 Å². The third-order valence-electron chi connectivity index (χ3n) is 0.246. The van der Waals surface area contributed by atoms with Crippen LogP contribution in [0.15, 0.2) is 0 Å². The molecule has 2 nitrogen and oxygen atoms in total. The Balaban J connectivity index is 2.34. The molecule has 0 heterocycles. The highest BCUT2D eigenvalue weighted by molar-refractivity contribution is 14.1. The summed E-state index contributed by atoms with van der Waals surface area (Å²) in [5, 5.41) is 0. The molecule has 0 aliphatic carbocycles. The van der Waals surface area contributed by atoms with Crippen molar-refractivity contribution in [1.29, 1.82) is 0 Å². The van der Waals surface area contributed by atoms with Gasteiger partial charge in [0.15, 0.2) is 0 Å². The first-order chi connectivity index (χ1) is 2.91. The Bertz CT molecular complexity index is 20.8. The van der Waals surface area contributed by atoms with E-state index in [-0.39, 0.29) is 0 Å². The SMILES string of the molecule is CCOOCI. The first-order valence-electron chi connectivity index (χ1n) is 1.72. The lowest BCUT2D eigenvalue weighted by Crippen LogP contribution is -1.87. The van der Waals surface area contributed by atoms with Crippen molar-refractivity contribution < 1.29 is 9.78 Å². The Morgan fingerprint density at radius 3 is 2.33 bits per heavy atom. The summed E-state index contributed by atoms with van der Waals surface area (Å²) in [6, 6.07) is 0. The van der Waals surface area contributed by atoms with Crippen LogP contribution in [-0.4, -0.2) is 11.2 Å². The van der Waals surface area contributed by atoms with Crippen molar-refractivity contribution in [3.8, 4) is 0 Å². The van der Waals surface area contributed by atoms with Gasteiger partial charge in [-0.15, -0.1) is 0 Å². The Labute approximate surface area is 50.9 Å². The number of alkyl halides is 1. The zero-order valence-corrected chi connectivity index (χ0v) is 5.77. The Hall–Kier alpha value is 0.650. The van der Waals surface area contributed by atoms with E-state index in [2.05, 4.69) is 32.4 Å². The van der Waals surface area contributed by atoms with Crippen LogP contribution >= 0.6 is 22.6 Å². The lowest BCUT2D eigenvalue weighted by Gasteiger charge is -1.91. The van der Waals surface area contributed by atoms with Gasteiger partial charge in [0, 0.05) is 0 Å². The molecule has 0 aliphatic heterocycles. The lowest BCUT2D eigenvalue weighted by molar-refractivity contribution is -0.271. The maximum absolute atomic E-state index is 4.48. The molecule has 0 fully saturated rings. The van der Waals surface area contributed by atoms with Gasteiger partial charge in [-0.25, -0.2) is 9.78 Å². The van der Waals surface area contributed by atoms with E-state index >= 15 is 0 Å². The average molecular weight is 202 g/mol. The molecule has 0 saturated carbocycles. The minimum Gasteiger partial charge on any atom is -0.236 e. The van der Waals surface area contributed by atoms with Gasteiger partial charge in [-0.1, -0.05) is 22.6 Å². The van der Waals surface area contributed by atoms with E-state index in [9.17, 15) is 0 Å². The Morgan fingerprint density at radius 2 is 2.17 bits per heavy atom. The van der Waals surface area contributed by atoms with Crippen LogP contribution < -0.4 is 0 Å². The lowest BCUT2D eigenvalue weighted by atomic mass is 10.9. The highest BCUT2D eigenvalue weighted by Crippen LogP contribution is 1.82. The molecule has 0 amide bonds. The van der Waals surface area contributed by atoms with Gasteiger partial charge in [0.2, 0.25) is 0 Å². The molecule has 0 atom stereocenters. The van der Waals surface area contributed by atoms with E-state index in [0.29, 0.717) is 11.2 Å². The summed E-state index contributed by atoms with van der Waals surface area (Å²) in [5.74, 6) is 0. The van der Waals surface area contributed by atoms with Crippen molar-refractivity contribution in [2.75, 3.05) is 11.2 Å². The zero-order valence-electron chi connectivity index (χ0n) is 3.61. The molecule has 0 aromatic rings. The van der Waals surface area contributed by atoms with Crippen molar-refractivity contribution >= 4 is 22.6 Å². The molecule has 0 radical (unpaired) electrons. The molecule has 0 aliphatic rings. The molecular weight excluding hydrogens is 195 g/mol. The zero-order chi connectivity index (χ0) is 4.83. The fourth-order valence-electron chi connectivity index (χ4n) is 0.115. The van der Waals surface area contributed by atoms with E-state index < -0.39 is 0 Å². The first kappa shape index (κ1) is 6.65. The van der Waals surface area contributed by atoms with Crippen molar-refractivity contribution in [2.45, 2.75) is 6.92 Å². The maximum Gasteiger partial charge on any atom is 0.133 e. The van der Waals surface area contributed by atoms with E-state index in [1.54, 1.807) is 0 Å². The van der Waals surface area contributed by atoms with Gasteiger partial charge in [-0.2, -0.15) is 0 Å². The highest BCUT2D eigenvalue weighted by Gasteiger charge is 1.73. The number of rotatable bonds is 3. The standard InChI is InChI=1S/C3H7IO2/c1-2-5-6-3-4/h2-3H2,1H3. The molecule has 0 rings (SSSR count). The molecule has 0 bridgehead atoms. The normalized spacial score (nSPS) is 9.00. The summed E-state index contributed by atoms with van der Waals surface area (Å²) in [4.78, 5) is 8.94. The summed E-state index contributed by atoms with van der Waals surface area (Å²) in [5.41, 5.74) is 0. The van der Waals surface area contributed by atoms with Crippen LogP contribution in [0.25, 0.3) is 0 Å². The highest BCUT2D eigenvalue weighted by atomic mass is 127. The second kappa shape index (κ2) is 5.65. The predicted molar refractivity (Wildman–Crippen MR) is 31.6 cm³/mol. The molecule has 38 valence electrons. The molecule has 3 heteroatoms. The van der Waals surface area contributed by atoms with E-state index in [1.165, 1.54) is 0 Å². The molecular formula is C3H7IO2. The van der Waals surface area contributed by atoms with Crippen LogP contribution in [0.3, 0.4) is 0 Å². The van der Waals surface area contributed by atoms with Crippen LogP contribution in [-0.2, 0) is 9.78 Å². The summed E-state index contributed by atoms with van der Waals surface area (Å²) in [6.45, 7) is 2.51. The predicted octanol–water partition coefficient (Wildman–Crippen LogP) is 1.35. The number of halogens is 1. The quantitative estimate of drug-likeness (QED) is 0.226. The van der Waals surface area contributed by atoms with E-state index in [1.807, 2.05) is 6.92 Å². The van der Waals surface area contributed by atoms with Gasteiger partial charge < -0.3 is 0 Å².